The summed E-state index contributed by atoms with van der Waals surface area (Å²) in [7, 11) is 1.91. The Bertz CT molecular complexity index is 1680. The fourth-order valence-corrected chi connectivity index (χ4v) is 5.08. The number of anilines is 3. The summed E-state index contributed by atoms with van der Waals surface area (Å²) in [6.45, 7) is 5.13. The number of carbonyl (C=O) groups excluding carboxylic acids is 1. The van der Waals surface area contributed by atoms with Gasteiger partial charge in [-0.05, 0) is 69.3 Å². The Hall–Kier alpha value is -4.98. The number of hydrogen-bond donors (Lipinski definition) is 3. The average Bonchev–Trinajstić information content (AvgIpc) is 3.33. The second-order valence-electron chi connectivity index (χ2n) is 10.4. The minimum atomic E-state index is -0.403. The van der Waals surface area contributed by atoms with Crippen molar-refractivity contribution in [3.63, 3.8) is 0 Å². The van der Waals surface area contributed by atoms with Crippen LogP contribution in [0.15, 0.2) is 73.1 Å². The van der Waals surface area contributed by atoms with Crippen LogP contribution in [-0.2, 0) is 11.4 Å². The molecule has 0 aliphatic carbocycles. The van der Waals surface area contributed by atoms with Crippen molar-refractivity contribution in [3.05, 3.63) is 89.9 Å². The first kappa shape index (κ1) is 29.5. The van der Waals surface area contributed by atoms with Gasteiger partial charge < -0.3 is 25.2 Å². The molecule has 0 bridgehead atoms. The smallest absolute Gasteiger partial charge is 0.248 e. The number of aryl methyl sites for hydroxylation is 1. The van der Waals surface area contributed by atoms with Gasteiger partial charge in [0.2, 0.25) is 5.91 Å². The van der Waals surface area contributed by atoms with Crippen LogP contribution in [0.2, 0.25) is 0 Å². The Morgan fingerprint density at radius 1 is 1.19 bits per heavy atom. The zero-order chi connectivity index (χ0) is 30.3. The van der Waals surface area contributed by atoms with Crippen LogP contribution in [0.4, 0.5) is 17.1 Å². The molecular formula is C33H34N6O4. The summed E-state index contributed by atoms with van der Waals surface area (Å²) in [5.74, 6) is 0.874. The molecule has 4 aromatic rings. The normalized spacial score (nSPS) is 16.7. The lowest BCUT2D eigenvalue weighted by molar-refractivity contribution is -0.112. The van der Waals surface area contributed by atoms with Gasteiger partial charge in [-0.3, -0.25) is 19.7 Å². The van der Waals surface area contributed by atoms with E-state index < -0.39 is 6.10 Å². The second kappa shape index (κ2) is 13.3. The molecule has 0 saturated carbocycles. The topological polar surface area (TPSA) is 133 Å². The highest BCUT2D eigenvalue weighted by Crippen LogP contribution is 2.37. The van der Waals surface area contributed by atoms with Crippen LogP contribution in [0.3, 0.4) is 0 Å². The Labute approximate surface area is 250 Å². The molecule has 0 unspecified atom stereocenters. The average molecular weight is 579 g/mol. The number of nitrogens with zero attached hydrogens (tertiary/aromatic N) is 4. The monoisotopic (exact) mass is 578 g/mol. The van der Waals surface area contributed by atoms with E-state index in [1.807, 2.05) is 62.2 Å². The zero-order valence-electron chi connectivity index (χ0n) is 24.4. The summed E-state index contributed by atoms with van der Waals surface area (Å²) >= 11 is 0. The van der Waals surface area contributed by atoms with Gasteiger partial charge in [0.05, 0.1) is 40.9 Å². The number of pyridine rings is 2. The first-order chi connectivity index (χ1) is 20.8. The zero-order valence-corrected chi connectivity index (χ0v) is 24.4. The predicted molar refractivity (Wildman–Crippen MR) is 165 cm³/mol. The fraction of sp³-hybridized carbons (Fsp3) is 0.273. The first-order valence-corrected chi connectivity index (χ1v) is 14.1. The van der Waals surface area contributed by atoms with Crippen molar-refractivity contribution in [2.45, 2.75) is 39.0 Å². The van der Waals surface area contributed by atoms with Gasteiger partial charge >= 0.3 is 0 Å². The van der Waals surface area contributed by atoms with Crippen molar-refractivity contribution < 1.29 is 19.4 Å². The molecule has 2 aromatic carbocycles. The van der Waals surface area contributed by atoms with Gasteiger partial charge in [-0.25, -0.2) is 0 Å². The number of aliphatic hydroxyl groups excluding tert-OH is 1. The summed E-state index contributed by atoms with van der Waals surface area (Å²) in [5, 5.41) is 26.8. The Morgan fingerprint density at radius 2 is 2.05 bits per heavy atom. The molecule has 10 heteroatoms. The van der Waals surface area contributed by atoms with E-state index in [-0.39, 0.29) is 11.9 Å². The number of aliphatic hydroxyl groups is 1. The Kier molecular flexibility index (Phi) is 9.15. The highest BCUT2D eigenvalue weighted by atomic mass is 16.5. The molecule has 0 radical (unpaired) electrons. The van der Waals surface area contributed by atoms with Gasteiger partial charge in [0.25, 0.3) is 0 Å². The highest BCUT2D eigenvalue weighted by molar-refractivity contribution is 6.05. The molecule has 3 heterocycles. The molecule has 220 valence electrons. The van der Waals surface area contributed by atoms with Crippen molar-refractivity contribution in [3.8, 4) is 17.6 Å². The largest absolute Gasteiger partial charge is 0.492 e. The highest BCUT2D eigenvalue weighted by Gasteiger charge is 2.26. The number of nitriles is 1. The van der Waals surface area contributed by atoms with Gasteiger partial charge in [-0.15, -0.1) is 0 Å². The number of rotatable bonds is 10. The van der Waals surface area contributed by atoms with Crippen LogP contribution in [0, 0.1) is 18.3 Å². The lowest BCUT2D eigenvalue weighted by Gasteiger charge is -2.17. The third kappa shape index (κ3) is 7.09. The number of β-amino-alcohol motifs (C(OH)–C–C–N with tert-alkyl or cyclic N) is 1. The lowest BCUT2D eigenvalue weighted by atomic mass is 10.1. The summed E-state index contributed by atoms with van der Waals surface area (Å²) in [4.78, 5) is 23.7. The molecular weight excluding hydrogens is 544 g/mol. The molecule has 1 aliphatic rings. The molecule has 3 N–H and O–H groups in total. The van der Waals surface area contributed by atoms with Crippen LogP contribution in [0.25, 0.3) is 10.9 Å². The van der Waals surface area contributed by atoms with Gasteiger partial charge in [-0.1, -0.05) is 12.1 Å². The number of aromatic nitrogens is 2. The second-order valence-corrected chi connectivity index (χ2v) is 10.4. The van der Waals surface area contributed by atoms with Crippen molar-refractivity contribution in [2.75, 3.05) is 30.8 Å². The van der Waals surface area contributed by atoms with E-state index in [4.69, 9.17) is 9.47 Å². The van der Waals surface area contributed by atoms with E-state index in [1.165, 1.54) is 12.3 Å². The van der Waals surface area contributed by atoms with Crippen molar-refractivity contribution in [1.82, 2.24) is 14.9 Å². The van der Waals surface area contributed by atoms with Crippen LogP contribution in [0.5, 0.6) is 11.5 Å². The number of hydrogen-bond acceptors (Lipinski definition) is 9. The lowest BCUT2D eigenvalue weighted by Crippen LogP contribution is -2.23. The van der Waals surface area contributed by atoms with Crippen LogP contribution in [-0.4, -0.2) is 58.2 Å². The number of likely N-dealkylation sites (N-methyl/N-ethyl adjacent to an activating group) is 1. The molecule has 1 saturated heterocycles. The maximum Gasteiger partial charge on any atom is 0.248 e. The number of fused-ring (bicyclic) bond motifs is 1. The Morgan fingerprint density at radius 3 is 2.74 bits per heavy atom. The molecule has 2 atom stereocenters. The van der Waals surface area contributed by atoms with Crippen LogP contribution >= 0.6 is 0 Å². The number of nitrogens with one attached hydrogen (secondary N) is 2. The maximum atomic E-state index is 12.9. The van der Waals surface area contributed by atoms with E-state index in [2.05, 4.69) is 26.7 Å². The molecule has 5 rings (SSSR count). The molecule has 43 heavy (non-hydrogen) atoms. The Balaban J connectivity index is 1.41. The minimum Gasteiger partial charge on any atom is -0.492 e. The summed E-state index contributed by atoms with van der Waals surface area (Å²) in [6.07, 6.45) is 6.69. The summed E-state index contributed by atoms with van der Waals surface area (Å²) in [6, 6.07) is 17.1. The van der Waals surface area contributed by atoms with E-state index in [9.17, 15) is 15.2 Å². The van der Waals surface area contributed by atoms with Crippen LogP contribution in [0.1, 0.15) is 30.2 Å². The SMILES string of the molecule is CCOc1cc2ncc(C#N)c(Nc3ccc(OCc4ccccn4)c(C)c3)c2cc1NC(=O)/C=C/[C@@H]1C[C@@H](O)CN1C. The molecule has 1 amide bonds. The molecule has 1 aliphatic heterocycles. The fourth-order valence-electron chi connectivity index (χ4n) is 5.08. The van der Waals surface area contributed by atoms with E-state index >= 15 is 0 Å². The third-order valence-electron chi connectivity index (χ3n) is 7.24. The van der Waals surface area contributed by atoms with E-state index in [0.717, 1.165) is 22.7 Å². The predicted octanol–water partition coefficient (Wildman–Crippen LogP) is 5.09. The summed E-state index contributed by atoms with van der Waals surface area (Å²) < 4.78 is 11.8. The van der Waals surface area contributed by atoms with Crippen LogP contribution < -0.4 is 20.1 Å². The van der Waals surface area contributed by atoms with Crippen molar-refractivity contribution in [1.29, 1.82) is 5.26 Å². The molecule has 1 fully saturated rings. The number of ether oxygens (including phenoxy) is 2. The quantitative estimate of drug-likeness (QED) is 0.220. The number of amides is 1. The maximum absolute atomic E-state index is 12.9. The standard InChI is InChI=1S/C33H34N6O4/c1-4-42-31-16-28-27(15-29(31)38-32(41)11-9-25-14-26(40)19-39(25)3)33(22(17-34)18-36-28)37-23-8-10-30(21(2)13-23)43-20-24-7-5-6-12-35-24/h5-13,15-16,18,25-26,40H,4,14,19-20H2,1-3H3,(H,36,37)(H,38,41)/b11-9+/t25-,26-/m1/s1. The number of benzene rings is 2. The molecule has 0 spiro atoms. The van der Waals surface area contributed by atoms with Gasteiger partial charge in [-0.2, -0.15) is 5.26 Å². The van der Waals surface area contributed by atoms with Gasteiger partial charge in [0, 0.05) is 48.2 Å². The number of likely N-dealkylation sites (tertiary alicyclic amines) is 1. The summed E-state index contributed by atoms with van der Waals surface area (Å²) in [5.41, 5.74) is 4.48. The van der Waals surface area contributed by atoms with Gasteiger partial charge in [0.15, 0.2) is 0 Å². The third-order valence-corrected chi connectivity index (χ3v) is 7.24. The van der Waals surface area contributed by atoms with Crippen molar-refractivity contribution in [2.24, 2.45) is 0 Å². The number of carbonyl (C=O) groups is 1. The first-order valence-electron chi connectivity index (χ1n) is 14.1. The van der Waals surface area contributed by atoms with E-state index in [0.29, 0.717) is 59.8 Å². The van der Waals surface area contributed by atoms with Crippen molar-refractivity contribution >= 4 is 33.9 Å². The molecule has 2 aromatic heterocycles. The van der Waals surface area contributed by atoms with E-state index in [1.54, 1.807) is 24.4 Å². The minimum absolute atomic E-state index is 0.0165. The van der Waals surface area contributed by atoms with Gasteiger partial charge in [0.1, 0.15) is 24.2 Å². The molecule has 10 nitrogen and oxygen atoms in total.